The lowest BCUT2D eigenvalue weighted by Gasteiger charge is -2.33. The second kappa shape index (κ2) is 8.17. The number of benzene rings is 5. The van der Waals surface area contributed by atoms with Gasteiger partial charge in [-0.3, -0.25) is 0 Å². The Morgan fingerprint density at radius 3 is 2.54 bits per heavy atom. The minimum absolute atomic E-state index is 0.919. The van der Waals surface area contributed by atoms with E-state index in [1.807, 2.05) is 11.8 Å². The van der Waals surface area contributed by atoms with Crippen LogP contribution in [-0.4, -0.2) is 16.5 Å². The molecule has 0 unspecified atom stereocenters. The van der Waals surface area contributed by atoms with E-state index in [-0.39, 0.29) is 0 Å². The van der Waals surface area contributed by atoms with Gasteiger partial charge in [-0.1, -0.05) is 79.7 Å². The van der Waals surface area contributed by atoms with Crippen molar-refractivity contribution < 1.29 is 0 Å². The van der Waals surface area contributed by atoms with E-state index in [0.29, 0.717) is 0 Å². The van der Waals surface area contributed by atoms with Crippen LogP contribution in [0, 0.1) is 0 Å². The Hall–Kier alpha value is -3.76. The summed E-state index contributed by atoms with van der Waals surface area (Å²) >= 11 is 1.86. The maximum Gasteiger partial charge on any atom is 0.138 e. The van der Waals surface area contributed by atoms with Crippen molar-refractivity contribution in [3.8, 4) is 11.4 Å². The summed E-state index contributed by atoms with van der Waals surface area (Å²) in [7, 11) is 0. The normalized spacial score (nSPS) is 12.9. The number of H-pyrrole nitrogens is 1. The van der Waals surface area contributed by atoms with Gasteiger partial charge in [0.05, 0.1) is 22.4 Å². The summed E-state index contributed by atoms with van der Waals surface area (Å²) in [6, 6.07) is 32.9. The highest BCUT2D eigenvalue weighted by molar-refractivity contribution is 7.99. The molecular weight excluding hydrogens is 446 g/mol. The first-order valence-corrected chi connectivity index (χ1v) is 13.1. The lowest BCUT2D eigenvalue weighted by atomic mass is 10.0. The summed E-state index contributed by atoms with van der Waals surface area (Å²) in [5, 5.41) is 4.97. The number of nitrogens with zero attached hydrogens (tertiary/aromatic N) is 2. The quantitative estimate of drug-likeness (QED) is 0.260. The van der Waals surface area contributed by atoms with Crippen LogP contribution in [0.25, 0.3) is 44.0 Å². The predicted molar refractivity (Wildman–Crippen MR) is 149 cm³/mol. The van der Waals surface area contributed by atoms with E-state index >= 15 is 0 Å². The van der Waals surface area contributed by atoms with Crippen LogP contribution in [-0.2, 0) is 0 Å². The second-order valence-corrected chi connectivity index (χ2v) is 10.3. The van der Waals surface area contributed by atoms with Gasteiger partial charge < -0.3 is 9.88 Å². The highest BCUT2D eigenvalue weighted by Gasteiger charge is 2.23. The minimum atomic E-state index is 0.919. The molecular formula is C31H25N3S. The molecule has 0 saturated heterocycles. The molecule has 5 aromatic carbocycles. The molecule has 1 aliphatic rings. The molecule has 2 heterocycles. The van der Waals surface area contributed by atoms with Gasteiger partial charge in [-0.2, -0.15) is 0 Å². The third-order valence-corrected chi connectivity index (χ3v) is 8.12. The number of para-hydroxylation sites is 1. The van der Waals surface area contributed by atoms with Gasteiger partial charge in [0, 0.05) is 27.3 Å². The van der Waals surface area contributed by atoms with Gasteiger partial charge in [0.2, 0.25) is 0 Å². The molecule has 35 heavy (non-hydrogen) atoms. The molecule has 0 aliphatic carbocycles. The monoisotopic (exact) mass is 471 g/mol. The number of aromatic nitrogens is 2. The van der Waals surface area contributed by atoms with Gasteiger partial charge >= 0.3 is 0 Å². The second-order valence-electron chi connectivity index (χ2n) is 9.19. The predicted octanol–water partition coefficient (Wildman–Crippen LogP) is 8.94. The number of rotatable bonds is 4. The van der Waals surface area contributed by atoms with Crippen molar-refractivity contribution in [2.45, 2.75) is 29.6 Å². The van der Waals surface area contributed by atoms with Crippen LogP contribution in [0.15, 0.2) is 101 Å². The fourth-order valence-electron chi connectivity index (χ4n) is 5.24. The van der Waals surface area contributed by atoms with Crippen molar-refractivity contribution in [1.29, 1.82) is 0 Å². The fourth-order valence-corrected chi connectivity index (χ4v) is 6.37. The van der Waals surface area contributed by atoms with Crippen LogP contribution in [0.3, 0.4) is 0 Å². The van der Waals surface area contributed by atoms with Crippen molar-refractivity contribution in [2.75, 3.05) is 11.4 Å². The van der Waals surface area contributed by atoms with Crippen LogP contribution >= 0.6 is 11.8 Å². The van der Waals surface area contributed by atoms with E-state index in [0.717, 1.165) is 29.0 Å². The zero-order valence-corrected chi connectivity index (χ0v) is 20.4. The fraction of sp³-hybridized carbons (Fsp3) is 0.129. The molecule has 1 aromatic heterocycles. The standard InChI is InChI=1S/C31H25N3S/c1-2-3-18-34-26-10-6-7-11-28(26)35-29-19-21(13-17-27(29)34)31-32-25-16-15-23-22-9-5-4-8-20(22)12-14-24(23)30(25)33-31/h4-17,19H,2-3,18H2,1H3,(H,32,33). The van der Waals surface area contributed by atoms with Crippen molar-refractivity contribution in [3.63, 3.8) is 0 Å². The van der Waals surface area contributed by atoms with Crippen LogP contribution in [0.5, 0.6) is 0 Å². The highest BCUT2D eigenvalue weighted by atomic mass is 32.2. The number of aromatic amines is 1. The number of hydrogen-bond acceptors (Lipinski definition) is 3. The Balaban J connectivity index is 1.34. The molecule has 0 atom stereocenters. The molecule has 0 spiro atoms. The number of nitrogens with one attached hydrogen (secondary N) is 1. The Morgan fingerprint density at radius 1 is 0.771 bits per heavy atom. The number of fused-ring (bicyclic) bond motifs is 7. The number of anilines is 2. The maximum absolute atomic E-state index is 5.10. The first kappa shape index (κ1) is 20.6. The van der Waals surface area contributed by atoms with E-state index < -0.39 is 0 Å². The third kappa shape index (κ3) is 3.32. The summed E-state index contributed by atoms with van der Waals surface area (Å²) in [4.78, 5) is 13.8. The lowest BCUT2D eigenvalue weighted by Crippen LogP contribution is -2.21. The lowest BCUT2D eigenvalue weighted by molar-refractivity contribution is 0.777. The van der Waals surface area contributed by atoms with E-state index in [2.05, 4.69) is 108 Å². The van der Waals surface area contributed by atoms with E-state index in [4.69, 9.17) is 4.98 Å². The van der Waals surface area contributed by atoms with Gasteiger partial charge in [0.1, 0.15) is 5.82 Å². The molecule has 6 aromatic rings. The first-order valence-electron chi connectivity index (χ1n) is 12.3. The minimum Gasteiger partial charge on any atom is -0.340 e. The van der Waals surface area contributed by atoms with Crippen molar-refractivity contribution in [2.24, 2.45) is 0 Å². The molecule has 0 fully saturated rings. The molecule has 0 saturated carbocycles. The number of hydrogen-bond donors (Lipinski definition) is 1. The topological polar surface area (TPSA) is 31.9 Å². The van der Waals surface area contributed by atoms with E-state index in [9.17, 15) is 0 Å². The third-order valence-electron chi connectivity index (χ3n) is 7.01. The average molecular weight is 472 g/mol. The molecule has 170 valence electrons. The number of imidazole rings is 1. The molecule has 1 aliphatic heterocycles. The van der Waals surface area contributed by atoms with Gasteiger partial charge in [0.25, 0.3) is 0 Å². The Morgan fingerprint density at radius 2 is 1.60 bits per heavy atom. The van der Waals surface area contributed by atoms with Crippen molar-refractivity contribution in [3.05, 3.63) is 91.0 Å². The molecule has 0 radical (unpaired) electrons. The number of unbranched alkanes of at least 4 members (excludes halogenated alkanes) is 1. The Kier molecular flexibility index (Phi) is 4.81. The summed E-state index contributed by atoms with van der Waals surface area (Å²) in [6.45, 7) is 3.29. The molecule has 0 bridgehead atoms. The SMILES string of the molecule is CCCCN1c2ccccc2Sc2cc(-c3nc4c(ccc5c6ccccc6ccc54)[nH]3)ccc21. The van der Waals surface area contributed by atoms with E-state index in [1.54, 1.807) is 0 Å². The summed E-state index contributed by atoms with van der Waals surface area (Å²) in [5.74, 6) is 0.919. The van der Waals surface area contributed by atoms with Gasteiger partial charge in [-0.15, -0.1) is 0 Å². The Bertz CT molecular complexity index is 1730. The summed E-state index contributed by atoms with van der Waals surface area (Å²) < 4.78 is 0. The molecule has 1 N–H and O–H groups in total. The summed E-state index contributed by atoms with van der Waals surface area (Å²) in [5.41, 5.74) is 5.83. The molecule has 4 heteroatoms. The molecule has 0 amide bonds. The first-order chi connectivity index (χ1) is 17.3. The van der Waals surface area contributed by atoms with Crippen LogP contribution < -0.4 is 4.90 Å². The van der Waals surface area contributed by atoms with Gasteiger partial charge in [-0.05, 0) is 59.0 Å². The zero-order chi connectivity index (χ0) is 23.4. The van der Waals surface area contributed by atoms with Crippen molar-refractivity contribution in [1.82, 2.24) is 9.97 Å². The van der Waals surface area contributed by atoms with Gasteiger partial charge in [0.15, 0.2) is 0 Å². The maximum atomic E-state index is 5.10. The van der Waals surface area contributed by atoms with Crippen LogP contribution in [0.2, 0.25) is 0 Å². The molecule has 3 nitrogen and oxygen atoms in total. The smallest absolute Gasteiger partial charge is 0.138 e. The van der Waals surface area contributed by atoms with Crippen LogP contribution in [0.1, 0.15) is 19.8 Å². The average Bonchev–Trinajstić information content (AvgIpc) is 3.35. The molecule has 7 rings (SSSR count). The van der Waals surface area contributed by atoms with Gasteiger partial charge in [-0.25, -0.2) is 4.98 Å². The zero-order valence-electron chi connectivity index (χ0n) is 19.6. The summed E-state index contributed by atoms with van der Waals surface area (Å²) in [6.07, 6.45) is 2.35. The van der Waals surface area contributed by atoms with Crippen LogP contribution in [0.4, 0.5) is 11.4 Å². The van der Waals surface area contributed by atoms with Crippen molar-refractivity contribution >= 4 is 55.7 Å². The largest absolute Gasteiger partial charge is 0.340 e. The highest BCUT2D eigenvalue weighted by Crippen LogP contribution is 2.49. The van der Waals surface area contributed by atoms with E-state index in [1.165, 1.54) is 55.6 Å². The Labute approximate surface area is 208 Å².